The van der Waals surface area contributed by atoms with Gasteiger partial charge in [0, 0.05) is 29.8 Å². The Hall–Kier alpha value is -3.61. The number of aryl methyl sites for hydroxylation is 2. The molecule has 0 saturated heterocycles. The summed E-state index contributed by atoms with van der Waals surface area (Å²) in [6.45, 7) is 4.15. The van der Waals surface area contributed by atoms with Crippen LogP contribution in [0.2, 0.25) is 0 Å². The van der Waals surface area contributed by atoms with E-state index in [0.29, 0.717) is 23.0 Å². The van der Waals surface area contributed by atoms with Gasteiger partial charge in [0.15, 0.2) is 11.5 Å². The molecule has 4 rings (SSSR count). The third-order valence-electron chi connectivity index (χ3n) is 4.18. The van der Waals surface area contributed by atoms with Gasteiger partial charge in [-0.25, -0.2) is 9.97 Å². The average molecular weight is 362 g/mol. The Balaban J connectivity index is 1.45. The fourth-order valence-electron chi connectivity index (χ4n) is 2.68. The molecule has 1 aliphatic heterocycles. The van der Waals surface area contributed by atoms with Gasteiger partial charge in [0.1, 0.15) is 0 Å². The van der Waals surface area contributed by atoms with Crippen LogP contribution in [0.3, 0.4) is 0 Å². The van der Waals surface area contributed by atoms with Crippen LogP contribution in [0.15, 0.2) is 48.8 Å². The lowest BCUT2D eigenvalue weighted by molar-refractivity contribution is 0.102. The number of ether oxygens (including phenoxy) is 2. The Morgan fingerprint density at radius 1 is 1.00 bits per heavy atom. The van der Waals surface area contributed by atoms with Crippen molar-refractivity contribution >= 4 is 23.2 Å². The first-order chi connectivity index (χ1) is 13.1. The summed E-state index contributed by atoms with van der Waals surface area (Å²) >= 11 is 0. The predicted molar refractivity (Wildman–Crippen MR) is 102 cm³/mol. The maximum Gasteiger partial charge on any atom is 0.258 e. The highest BCUT2D eigenvalue weighted by Gasteiger charge is 2.14. The number of anilines is 3. The summed E-state index contributed by atoms with van der Waals surface area (Å²) in [5.74, 6) is 1.51. The number of rotatable bonds is 4. The zero-order valence-corrected chi connectivity index (χ0v) is 14.9. The lowest BCUT2D eigenvalue weighted by Gasteiger charge is -2.10. The number of nitrogens with one attached hydrogen (secondary N) is 2. The molecule has 1 amide bonds. The van der Waals surface area contributed by atoms with Crippen LogP contribution in [0.5, 0.6) is 11.5 Å². The van der Waals surface area contributed by atoms with Gasteiger partial charge in [-0.3, -0.25) is 4.79 Å². The molecule has 2 N–H and O–H groups in total. The molecule has 0 atom stereocenters. The van der Waals surface area contributed by atoms with Crippen molar-refractivity contribution in [1.29, 1.82) is 0 Å². The highest BCUT2D eigenvalue weighted by atomic mass is 16.7. The van der Waals surface area contributed by atoms with Gasteiger partial charge in [-0.2, -0.15) is 0 Å². The van der Waals surface area contributed by atoms with Crippen molar-refractivity contribution in [2.75, 3.05) is 17.4 Å². The SMILES string of the molecule is Cc1ccc(C)c(NC(=O)c2cnc(Nc3ccc4c(c3)OCO4)nc2)c1. The van der Waals surface area contributed by atoms with Crippen molar-refractivity contribution in [3.05, 3.63) is 65.5 Å². The largest absolute Gasteiger partial charge is 0.454 e. The van der Waals surface area contributed by atoms with Crippen LogP contribution in [0.4, 0.5) is 17.3 Å². The van der Waals surface area contributed by atoms with E-state index in [4.69, 9.17) is 9.47 Å². The molecule has 7 nitrogen and oxygen atoms in total. The van der Waals surface area contributed by atoms with Crippen LogP contribution in [-0.2, 0) is 0 Å². The van der Waals surface area contributed by atoms with E-state index in [0.717, 1.165) is 22.5 Å². The molecule has 1 aliphatic rings. The minimum atomic E-state index is -0.252. The van der Waals surface area contributed by atoms with E-state index < -0.39 is 0 Å². The molecule has 7 heteroatoms. The number of hydrogen-bond acceptors (Lipinski definition) is 6. The second kappa shape index (κ2) is 6.95. The summed E-state index contributed by atoms with van der Waals surface area (Å²) in [5, 5.41) is 5.97. The number of benzene rings is 2. The zero-order chi connectivity index (χ0) is 18.8. The highest BCUT2D eigenvalue weighted by Crippen LogP contribution is 2.34. The van der Waals surface area contributed by atoms with E-state index in [1.54, 1.807) is 0 Å². The Kier molecular flexibility index (Phi) is 4.33. The number of carbonyl (C=O) groups is 1. The van der Waals surface area contributed by atoms with Crippen molar-refractivity contribution in [3.8, 4) is 11.5 Å². The van der Waals surface area contributed by atoms with Gasteiger partial charge in [0.2, 0.25) is 12.7 Å². The molecule has 2 aromatic carbocycles. The molecule has 1 aromatic heterocycles. The first kappa shape index (κ1) is 16.8. The summed E-state index contributed by atoms with van der Waals surface area (Å²) in [6.07, 6.45) is 2.98. The lowest BCUT2D eigenvalue weighted by Crippen LogP contribution is -2.14. The summed E-state index contributed by atoms with van der Waals surface area (Å²) in [5.41, 5.74) is 4.01. The van der Waals surface area contributed by atoms with Crippen molar-refractivity contribution < 1.29 is 14.3 Å². The second-order valence-corrected chi connectivity index (χ2v) is 6.26. The molecular formula is C20H18N4O3. The van der Waals surface area contributed by atoms with Crippen molar-refractivity contribution in [3.63, 3.8) is 0 Å². The van der Waals surface area contributed by atoms with Crippen LogP contribution < -0.4 is 20.1 Å². The van der Waals surface area contributed by atoms with E-state index in [9.17, 15) is 4.79 Å². The van der Waals surface area contributed by atoms with E-state index in [1.165, 1.54) is 12.4 Å². The normalized spacial score (nSPS) is 11.9. The highest BCUT2D eigenvalue weighted by molar-refractivity contribution is 6.04. The van der Waals surface area contributed by atoms with Gasteiger partial charge in [0.25, 0.3) is 5.91 Å². The van der Waals surface area contributed by atoms with Crippen LogP contribution in [0.1, 0.15) is 21.5 Å². The molecule has 0 unspecified atom stereocenters. The van der Waals surface area contributed by atoms with Crippen molar-refractivity contribution in [1.82, 2.24) is 9.97 Å². The fourth-order valence-corrected chi connectivity index (χ4v) is 2.68. The summed E-state index contributed by atoms with van der Waals surface area (Å²) in [7, 11) is 0. The number of aromatic nitrogens is 2. The number of carbonyl (C=O) groups excluding carboxylic acids is 1. The molecule has 2 heterocycles. The second-order valence-electron chi connectivity index (χ2n) is 6.26. The third kappa shape index (κ3) is 3.67. The monoisotopic (exact) mass is 362 g/mol. The molecule has 3 aromatic rings. The van der Waals surface area contributed by atoms with Crippen molar-refractivity contribution in [2.45, 2.75) is 13.8 Å². The number of amides is 1. The third-order valence-corrected chi connectivity index (χ3v) is 4.18. The number of hydrogen-bond donors (Lipinski definition) is 2. The molecule has 0 bridgehead atoms. The van der Waals surface area contributed by atoms with Crippen LogP contribution >= 0.6 is 0 Å². The number of nitrogens with zero attached hydrogens (tertiary/aromatic N) is 2. The predicted octanol–water partition coefficient (Wildman–Crippen LogP) is 3.82. The lowest BCUT2D eigenvalue weighted by atomic mass is 10.1. The summed E-state index contributed by atoms with van der Waals surface area (Å²) in [4.78, 5) is 20.9. The first-order valence-electron chi connectivity index (χ1n) is 8.46. The van der Waals surface area contributed by atoms with Gasteiger partial charge in [-0.05, 0) is 43.2 Å². The van der Waals surface area contributed by atoms with E-state index >= 15 is 0 Å². The van der Waals surface area contributed by atoms with Crippen LogP contribution in [-0.4, -0.2) is 22.7 Å². The molecule has 0 saturated carbocycles. The minimum absolute atomic E-state index is 0.222. The first-order valence-corrected chi connectivity index (χ1v) is 8.46. The van der Waals surface area contributed by atoms with Gasteiger partial charge >= 0.3 is 0 Å². The van der Waals surface area contributed by atoms with Crippen molar-refractivity contribution in [2.24, 2.45) is 0 Å². The summed E-state index contributed by atoms with van der Waals surface area (Å²) < 4.78 is 10.6. The standard InChI is InChI=1S/C20H18N4O3/c1-12-3-4-13(2)16(7-12)24-19(25)14-9-21-20(22-10-14)23-15-5-6-17-18(8-15)27-11-26-17/h3-10H,11H2,1-2H3,(H,24,25)(H,21,22,23). The number of fused-ring (bicyclic) bond motifs is 1. The Labute approximate surface area is 156 Å². The quantitative estimate of drug-likeness (QED) is 0.734. The molecule has 0 aliphatic carbocycles. The average Bonchev–Trinajstić information content (AvgIpc) is 3.13. The fraction of sp³-hybridized carbons (Fsp3) is 0.150. The molecule has 0 spiro atoms. The topological polar surface area (TPSA) is 85.4 Å². The van der Waals surface area contributed by atoms with Gasteiger partial charge in [-0.15, -0.1) is 0 Å². The Bertz CT molecular complexity index is 1000. The molecular weight excluding hydrogens is 344 g/mol. The maximum absolute atomic E-state index is 12.4. The van der Waals surface area contributed by atoms with Gasteiger partial charge in [0.05, 0.1) is 5.56 Å². The van der Waals surface area contributed by atoms with Crippen LogP contribution in [0.25, 0.3) is 0 Å². The van der Waals surface area contributed by atoms with E-state index in [1.807, 2.05) is 50.2 Å². The van der Waals surface area contributed by atoms with Gasteiger partial charge < -0.3 is 20.1 Å². The van der Waals surface area contributed by atoms with E-state index in [-0.39, 0.29) is 12.7 Å². The molecule has 0 fully saturated rings. The molecule has 0 radical (unpaired) electrons. The summed E-state index contributed by atoms with van der Waals surface area (Å²) in [6, 6.07) is 11.4. The molecule has 27 heavy (non-hydrogen) atoms. The zero-order valence-electron chi connectivity index (χ0n) is 14.9. The maximum atomic E-state index is 12.4. The smallest absolute Gasteiger partial charge is 0.258 e. The minimum Gasteiger partial charge on any atom is -0.454 e. The Morgan fingerprint density at radius 2 is 1.78 bits per heavy atom. The van der Waals surface area contributed by atoms with E-state index in [2.05, 4.69) is 20.6 Å². The molecule has 136 valence electrons. The van der Waals surface area contributed by atoms with Crippen LogP contribution in [0, 0.1) is 13.8 Å². The van der Waals surface area contributed by atoms with Gasteiger partial charge in [-0.1, -0.05) is 12.1 Å². The Morgan fingerprint density at radius 3 is 2.59 bits per heavy atom.